The Hall–Kier alpha value is -1.86. The van der Waals surface area contributed by atoms with Crippen molar-refractivity contribution >= 4 is 5.69 Å². The average Bonchev–Trinajstić information content (AvgIpc) is 2.38. The first-order chi connectivity index (χ1) is 8.38. The van der Waals surface area contributed by atoms with Crippen molar-refractivity contribution in [2.75, 3.05) is 18.0 Å². The molecule has 0 radical (unpaired) electrons. The minimum absolute atomic E-state index is 0.746. The van der Waals surface area contributed by atoms with Crippen molar-refractivity contribution in [2.24, 2.45) is 0 Å². The number of nitrogens with zero attached hydrogens (tertiary/aromatic N) is 1. The molecule has 17 heavy (non-hydrogen) atoms. The van der Waals surface area contributed by atoms with Crippen molar-refractivity contribution in [2.45, 2.75) is 26.7 Å². The third-order valence-corrected chi connectivity index (χ3v) is 2.26. The van der Waals surface area contributed by atoms with Crippen molar-refractivity contribution < 1.29 is 0 Å². The van der Waals surface area contributed by atoms with Crippen molar-refractivity contribution in [1.82, 2.24) is 0 Å². The largest absolute Gasteiger partial charge is 0.349 e. The maximum absolute atomic E-state index is 3.17. The molecule has 0 unspecified atom stereocenters. The third-order valence-electron chi connectivity index (χ3n) is 2.26. The van der Waals surface area contributed by atoms with E-state index in [0.717, 1.165) is 25.9 Å². The molecular formula is C16H19N. The molecule has 0 aliphatic carbocycles. The Morgan fingerprint density at radius 3 is 1.82 bits per heavy atom. The van der Waals surface area contributed by atoms with Crippen LogP contribution < -0.4 is 4.90 Å². The van der Waals surface area contributed by atoms with E-state index in [9.17, 15) is 0 Å². The second-order valence-electron chi connectivity index (χ2n) is 3.61. The van der Waals surface area contributed by atoms with Gasteiger partial charge in [-0.25, -0.2) is 0 Å². The van der Waals surface area contributed by atoms with Gasteiger partial charge in [0, 0.05) is 18.5 Å². The first-order valence-electron chi connectivity index (χ1n) is 6.10. The summed E-state index contributed by atoms with van der Waals surface area (Å²) in [5.41, 5.74) is 1.18. The van der Waals surface area contributed by atoms with E-state index in [1.165, 1.54) is 5.69 Å². The van der Waals surface area contributed by atoms with E-state index >= 15 is 0 Å². The van der Waals surface area contributed by atoms with Gasteiger partial charge in [0.1, 0.15) is 0 Å². The Kier molecular flexibility index (Phi) is 6.46. The zero-order valence-electron chi connectivity index (χ0n) is 10.7. The summed E-state index contributed by atoms with van der Waals surface area (Å²) in [5, 5.41) is 0. The van der Waals surface area contributed by atoms with Crippen molar-refractivity contribution in [3.63, 3.8) is 0 Å². The molecule has 88 valence electrons. The lowest BCUT2D eigenvalue weighted by Crippen LogP contribution is -2.23. The number of rotatable bonds is 3. The van der Waals surface area contributed by atoms with Crippen LogP contribution in [-0.2, 0) is 0 Å². The normalized spacial score (nSPS) is 8.59. The average molecular weight is 225 g/mol. The fourth-order valence-electron chi connectivity index (χ4n) is 1.43. The van der Waals surface area contributed by atoms with E-state index in [2.05, 4.69) is 54.6 Å². The van der Waals surface area contributed by atoms with E-state index in [1.54, 1.807) is 0 Å². The fourth-order valence-corrected chi connectivity index (χ4v) is 1.43. The Morgan fingerprint density at radius 1 is 0.824 bits per heavy atom. The summed E-state index contributed by atoms with van der Waals surface area (Å²) in [6.07, 6.45) is 1.81. The number of hydrogen-bond acceptors (Lipinski definition) is 1. The van der Waals surface area contributed by atoms with Gasteiger partial charge < -0.3 is 4.90 Å². The number of anilines is 1. The Morgan fingerprint density at radius 2 is 1.35 bits per heavy atom. The van der Waals surface area contributed by atoms with Crippen LogP contribution in [-0.4, -0.2) is 13.1 Å². The zero-order valence-corrected chi connectivity index (χ0v) is 10.7. The molecule has 0 amide bonds. The monoisotopic (exact) mass is 225 g/mol. The topological polar surface area (TPSA) is 3.24 Å². The molecule has 0 saturated carbocycles. The Labute approximate surface area is 105 Å². The molecule has 0 N–H and O–H groups in total. The van der Waals surface area contributed by atoms with Gasteiger partial charge in [-0.15, -0.1) is 11.8 Å². The van der Waals surface area contributed by atoms with Crippen LogP contribution >= 0.6 is 0 Å². The summed E-state index contributed by atoms with van der Waals surface area (Å²) >= 11 is 0. The molecule has 0 atom stereocenters. The van der Waals surface area contributed by atoms with Gasteiger partial charge in [-0.05, 0) is 12.1 Å². The Balaban J connectivity index is 2.71. The van der Waals surface area contributed by atoms with Crippen molar-refractivity contribution in [3.05, 3.63) is 30.3 Å². The molecule has 0 aromatic heterocycles. The van der Waals surface area contributed by atoms with E-state index in [-0.39, 0.29) is 0 Å². The summed E-state index contributed by atoms with van der Waals surface area (Å²) in [7, 11) is 0. The summed E-state index contributed by atoms with van der Waals surface area (Å²) in [6.45, 7) is 5.62. The van der Waals surface area contributed by atoms with Gasteiger partial charge >= 0.3 is 0 Å². The van der Waals surface area contributed by atoms with Crippen molar-refractivity contribution in [3.8, 4) is 23.7 Å². The molecule has 0 bridgehead atoms. The highest BCUT2D eigenvalue weighted by Crippen LogP contribution is 2.11. The summed E-state index contributed by atoms with van der Waals surface area (Å²) in [4.78, 5) is 2.20. The standard InChI is InChI=1S/C16H19N/c1-3-5-10-14-17(15-11-6-4-2)16-12-8-7-9-13-16/h7-9,12-13H,3-4,14-15H2,1-2H3. The molecule has 1 aromatic rings. The van der Waals surface area contributed by atoms with Crippen LogP contribution in [0.5, 0.6) is 0 Å². The maximum Gasteiger partial charge on any atom is 0.0804 e. The van der Waals surface area contributed by atoms with E-state index < -0.39 is 0 Å². The summed E-state index contributed by atoms with van der Waals surface area (Å²) in [6, 6.07) is 10.3. The van der Waals surface area contributed by atoms with Crippen LogP contribution in [0.15, 0.2) is 30.3 Å². The first kappa shape index (κ1) is 13.2. The van der Waals surface area contributed by atoms with Gasteiger partial charge in [0.25, 0.3) is 0 Å². The van der Waals surface area contributed by atoms with Gasteiger partial charge in [-0.3, -0.25) is 0 Å². The van der Waals surface area contributed by atoms with E-state index in [4.69, 9.17) is 0 Å². The lowest BCUT2D eigenvalue weighted by molar-refractivity contribution is 0.982. The second-order valence-corrected chi connectivity index (χ2v) is 3.61. The highest BCUT2D eigenvalue weighted by atomic mass is 15.1. The molecule has 1 aromatic carbocycles. The van der Waals surface area contributed by atoms with Gasteiger partial charge in [-0.2, -0.15) is 0 Å². The highest BCUT2D eigenvalue weighted by molar-refractivity contribution is 5.48. The first-order valence-corrected chi connectivity index (χ1v) is 6.10. The summed E-state index contributed by atoms with van der Waals surface area (Å²) in [5.74, 6) is 12.5. The minimum atomic E-state index is 0.746. The summed E-state index contributed by atoms with van der Waals surface area (Å²) < 4.78 is 0. The molecule has 1 nitrogen and oxygen atoms in total. The molecule has 1 heteroatoms. The number of benzene rings is 1. The third kappa shape index (κ3) is 5.14. The SMILES string of the molecule is CCC#CCN(CC#CCC)c1ccccc1. The highest BCUT2D eigenvalue weighted by Gasteiger charge is 2.01. The van der Waals surface area contributed by atoms with Gasteiger partial charge in [0.05, 0.1) is 13.1 Å². The molecule has 0 spiro atoms. The molecule has 0 saturated heterocycles. The van der Waals surface area contributed by atoms with Gasteiger partial charge in [0.2, 0.25) is 0 Å². The van der Waals surface area contributed by atoms with Crippen molar-refractivity contribution in [1.29, 1.82) is 0 Å². The second kappa shape index (κ2) is 8.31. The molecule has 0 heterocycles. The number of hydrogen-bond donors (Lipinski definition) is 0. The maximum atomic E-state index is 3.17. The fraction of sp³-hybridized carbons (Fsp3) is 0.375. The lowest BCUT2D eigenvalue weighted by Gasteiger charge is -2.19. The Bertz CT molecular complexity index is 401. The predicted octanol–water partition coefficient (Wildman–Crippen LogP) is 3.32. The minimum Gasteiger partial charge on any atom is -0.349 e. The molecule has 0 fully saturated rings. The molecular weight excluding hydrogens is 206 g/mol. The molecule has 0 aliphatic rings. The smallest absolute Gasteiger partial charge is 0.0804 e. The molecule has 1 rings (SSSR count). The zero-order chi connectivity index (χ0) is 12.3. The van der Waals surface area contributed by atoms with Crippen LogP contribution in [0, 0.1) is 23.7 Å². The van der Waals surface area contributed by atoms with Crippen LogP contribution in [0.4, 0.5) is 5.69 Å². The van der Waals surface area contributed by atoms with Gasteiger partial charge in [0.15, 0.2) is 0 Å². The van der Waals surface area contributed by atoms with Gasteiger partial charge in [-0.1, -0.05) is 43.9 Å². The lowest BCUT2D eigenvalue weighted by atomic mass is 10.3. The van der Waals surface area contributed by atoms with Crippen LogP contribution in [0.2, 0.25) is 0 Å². The molecule has 0 aliphatic heterocycles. The van der Waals surface area contributed by atoms with E-state index in [0.29, 0.717) is 0 Å². The quantitative estimate of drug-likeness (QED) is 0.713. The van der Waals surface area contributed by atoms with E-state index in [1.807, 2.05) is 18.2 Å². The van der Waals surface area contributed by atoms with Crippen LogP contribution in [0.1, 0.15) is 26.7 Å². The predicted molar refractivity (Wildman–Crippen MR) is 74.8 cm³/mol. The van der Waals surface area contributed by atoms with Crippen LogP contribution in [0.3, 0.4) is 0 Å². The van der Waals surface area contributed by atoms with Crippen LogP contribution in [0.25, 0.3) is 0 Å². The number of para-hydroxylation sites is 1.